The van der Waals surface area contributed by atoms with Gasteiger partial charge in [-0.05, 0) is 17.7 Å². The van der Waals surface area contributed by atoms with Crippen LogP contribution < -0.4 is 5.32 Å². The highest BCUT2D eigenvalue weighted by atomic mass is 35.5. The molecule has 0 bridgehead atoms. The van der Waals surface area contributed by atoms with Crippen molar-refractivity contribution in [2.45, 2.75) is 13.0 Å². The Labute approximate surface area is 99.1 Å². The van der Waals surface area contributed by atoms with E-state index in [9.17, 15) is 4.79 Å². The predicted octanol–water partition coefficient (Wildman–Crippen LogP) is 2.26. The Kier molecular flexibility index (Phi) is 3.47. The molecule has 1 aliphatic rings. The van der Waals surface area contributed by atoms with Crippen LogP contribution in [0.4, 0.5) is 0 Å². The fraction of sp³-hybridized carbons (Fsp3) is 0.250. The molecular formula is C12H12ClNO2. The molecule has 16 heavy (non-hydrogen) atoms. The molecule has 1 saturated heterocycles. The number of ether oxygens (including phenoxy) is 1. The quantitative estimate of drug-likeness (QED) is 0.647. The second-order valence-corrected chi connectivity index (χ2v) is 4.00. The molecule has 1 aliphatic heterocycles. The number of hydrogen-bond donors (Lipinski definition) is 1. The zero-order valence-electron chi connectivity index (χ0n) is 8.70. The van der Waals surface area contributed by atoms with E-state index in [0.717, 1.165) is 10.6 Å². The Balaban J connectivity index is 1.88. The zero-order chi connectivity index (χ0) is 11.4. The third-order valence-electron chi connectivity index (χ3n) is 2.36. The average Bonchev–Trinajstić information content (AvgIpc) is 2.68. The Morgan fingerprint density at radius 1 is 1.38 bits per heavy atom. The Bertz CT molecular complexity index is 412. The third-order valence-corrected chi connectivity index (χ3v) is 2.61. The van der Waals surface area contributed by atoms with Gasteiger partial charge in [0.25, 0.3) is 0 Å². The summed E-state index contributed by atoms with van der Waals surface area (Å²) in [5.74, 6) is -0.219. The van der Waals surface area contributed by atoms with Gasteiger partial charge in [0.2, 0.25) is 0 Å². The normalized spacial score (nSPS) is 17.6. The van der Waals surface area contributed by atoms with Gasteiger partial charge >= 0.3 is 5.97 Å². The molecule has 1 N–H and O–H groups in total. The van der Waals surface area contributed by atoms with Crippen molar-refractivity contribution in [3.63, 3.8) is 0 Å². The van der Waals surface area contributed by atoms with Crippen LogP contribution in [0, 0.1) is 0 Å². The Morgan fingerprint density at radius 2 is 2.12 bits per heavy atom. The van der Waals surface area contributed by atoms with Crippen LogP contribution in [0.1, 0.15) is 12.0 Å². The number of cyclic esters (lactones) is 1. The fourth-order valence-corrected chi connectivity index (χ4v) is 1.60. The molecule has 0 spiro atoms. The van der Waals surface area contributed by atoms with Crippen LogP contribution in [-0.2, 0) is 16.1 Å². The first-order chi connectivity index (χ1) is 7.75. The maximum atomic E-state index is 11.1. The van der Waals surface area contributed by atoms with Crippen LogP contribution in [0.5, 0.6) is 0 Å². The summed E-state index contributed by atoms with van der Waals surface area (Å²) in [5, 5.41) is 3.81. The van der Waals surface area contributed by atoms with Crippen molar-refractivity contribution in [1.29, 1.82) is 0 Å². The van der Waals surface area contributed by atoms with Gasteiger partial charge in [-0.2, -0.15) is 0 Å². The number of esters is 1. The second kappa shape index (κ2) is 5.03. The molecule has 1 aromatic carbocycles. The maximum Gasteiger partial charge on any atom is 0.335 e. The highest BCUT2D eigenvalue weighted by molar-refractivity contribution is 6.30. The smallest absolute Gasteiger partial charge is 0.335 e. The van der Waals surface area contributed by atoms with Gasteiger partial charge in [-0.3, -0.25) is 0 Å². The number of carbonyl (C=O) groups excluding carboxylic acids is 1. The molecule has 3 nitrogen and oxygen atoms in total. The van der Waals surface area contributed by atoms with Crippen LogP contribution in [0.15, 0.2) is 36.0 Å². The zero-order valence-corrected chi connectivity index (χ0v) is 9.46. The summed E-state index contributed by atoms with van der Waals surface area (Å²) >= 11 is 5.77. The summed E-state index contributed by atoms with van der Waals surface area (Å²) in [6.07, 6.45) is 2.41. The molecule has 0 aliphatic carbocycles. The first-order valence-electron chi connectivity index (χ1n) is 5.10. The van der Waals surface area contributed by atoms with E-state index >= 15 is 0 Å². The van der Waals surface area contributed by atoms with Crippen LogP contribution >= 0.6 is 11.6 Å². The summed E-state index contributed by atoms with van der Waals surface area (Å²) in [6.45, 7) is 1.17. The molecule has 1 aromatic rings. The minimum atomic E-state index is -0.219. The maximum absolute atomic E-state index is 11.1. The number of halogens is 1. The molecule has 0 saturated carbocycles. The van der Waals surface area contributed by atoms with Gasteiger partial charge in [0.15, 0.2) is 0 Å². The van der Waals surface area contributed by atoms with Crippen molar-refractivity contribution in [3.05, 3.63) is 46.6 Å². The fourth-order valence-electron chi connectivity index (χ4n) is 1.47. The first kappa shape index (κ1) is 11.0. The van der Waals surface area contributed by atoms with Gasteiger partial charge in [-0.25, -0.2) is 4.79 Å². The minimum absolute atomic E-state index is 0.219. The SMILES string of the molecule is O=C1OCCC1=CNCc1ccc(Cl)cc1. The van der Waals surface area contributed by atoms with Crippen LogP contribution in [0.25, 0.3) is 0 Å². The molecule has 0 atom stereocenters. The Morgan fingerprint density at radius 3 is 2.75 bits per heavy atom. The highest BCUT2D eigenvalue weighted by Crippen LogP contribution is 2.12. The van der Waals surface area contributed by atoms with E-state index in [2.05, 4.69) is 5.32 Å². The van der Waals surface area contributed by atoms with Crippen molar-refractivity contribution in [1.82, 2.24) is 5.32 Å². The van der Waals surface area contributed by atoms with Crippen molar-refractivity contribution >= 4 is 17.6 Å². The van der Waals surface area contributed by atoms with E-state index in [1.807, 2.05) is 24.3 Å². The summed E-state index contributed by atoms with van der Waals surface area (Å²) in [5.41, 5.74) is 1.82. The molecule has 4 heteroatoms. The molecule has 2 rings (SSSR count). The number of benzene rings is 1. The lowest BCUT2D eigenvalue weighted by Gasteiger charge is -2.02. The standard InChI is InChI=1S/C12H12ClNO2/c13-11-3-1-9(2-4-11)7-14-8-10-5-6-16-12(10)15/h1-4,8,14H,5-7H2. The highest BCUT2D eigenvalue weighted by Gasteiger charge is 2.17. The van der Waals surface area contributed by atoms with E-state index < -0.39 is 0 Å². The van der Waals surface area contributed by atoms with Crippen molar-refractivity contribution in [2.24, 2.45) is 0 Å². The van der Waals surface area contributed by atoms with E-state index in [-0.39, 0.29) is 5.97 Å². The van der Waals surface area contributed by atoms with E-state index in [1.54, 1.807) is 6.20 Å². The number of rotatable bonds is 3. The average molecular weight is 238 g/mol. The third kappa shape index (κ3) is 2.76. The molecule has 0 unspecified atom stereocenters. The predicted molar refractivity (Wildman–Crippen MR) is 62.0 cm³/mol. The molecule has 0 radical (unpaired) electrons. The molecule has 0 aromatic heterocycles. The molecule has 0 amide bonds. The van der Waals surface area contributed by atoms with Gasteiger partial charge in [0.05, 0.1) is 12.2 Å². The summed E-state index contributed by atoms with van der Waals surface area (Å²) < 4.78 is 4.82. The molecular weight excluding hydrogens is 226 g/mol. The first-order valence-corrected chi connectivity index (χ1v) is 5.47. The molecule has 1 heterocycles. The second-order valence-electron chi connectivity index (χ2n) is 3.56. The van der Waals surface area contributed by atoms with Gasteiger partial charge in [0.1, 0.15) is 0 Å². The van der Waals surface area contributed by atoms with Crippen molar-refractivity contribution < 1.29 is 9.53 Å². The van der Waals surface area contributed by atoms with Gasteiger partial charge < -0.3 is 10.1 Å². The van der Waals surface area contributed by atoms with Gasteiger partial charge in [0, 0.05) is 24.2 Å². The summed E-state index contributed by atoms with van der Waals surface area (Å²) in [6, 6.07) is 7.58. The van der Waals surface area contributed by atoms with E-state index in [0.29, 0.717) is 25.1 Å². The lowest BCUT2D eigenvalue weighted by molar-refractivity contribution is -0.135. The van der Waals surface area contributed by atoms with E-state index in [4.69, 9.17) is 16.3 Å². The van der Waals surface area contributed by atoms with E-state index in [1.165, 1.54) is 0 Å². The molecule has 84 valence electrons. The summed E-state index contributed by atoms with van der Waals surface area (Å²) in [4.78, 5) is 11.1. The van der Waals surface area contributed by atoms with Crippen molar-refractivity contribution in [3.8, 4) is 0 Å². The monoisotopic (exact) mass is 237 g/mol. The Hall–Kier alpha value is -1.48. The minimum Gasteiger partial charge on any atom is -0.462 e. The van der Waals surface area contributed by atoms with Crippen LogP contribution in [-0.4, -0.2) is 12.6 Å². The van der Waals surface area contributed by atoms with Crippen LogP contribution in [0.2, 0.25) is 5.02 Å². The molecule has 1 fully saturated rings. The topological polar surface area (TPSA) is 38.3 Å². The van der Waals surface area contributed by atoms with Gasteiger partial charge in [-0.1, -0.05) is 23.7 Å². The largest absolute Gasteiger partial charge is 0.462 e. The summed E-state index contributed by atoms with van der Waals surface area (Å²) in [7, 11) is 0. The van der Waals surface area contributed by atoms with Crippen LogP contribution in [0.3, 0.4) is 0 Å². The number of nitrogens with one attached hydrogen (secondary N) is 1. The van der Waals surface area contributed by atoms with Crippen molar-refractivity contribution in [2.75, 3.05) is 6.61 Å². The lowest BCUT2D eigenvalue weighted by atomic mass is 10.2. The van der Waals surface area contributed by atoms with Gasteiger partial charge in [-0.15, -0.1) is 0 Å². The number of hydrogen-bond acceptors (Lipinski definition) is 3. The lowest BCUT2D eigenvalue weighted by Crippen LogP contribution is -2.07. The number of carbonyl (C=O) groups is 1.